The Bertz CT molecular complexity index is 211. The second kappa shape index (κ2) is 4.27. The second-order valence-corrected chi connectivity index (χ2v) is 7.24. The second-order valence-electron chi connectivity index (χ2n) is 5.10. The summed E-state index contributed by atoms with van der Waals surface area (Å²) in [4.78, 5) is 0. The zero-order chi connectivity index (χ0) is 11.1. The minimum Gasteiger partial charge on any atom is -0.171 e. The average Bonchev–Trinajstić information content (AvgIpc) is 2.74. The van der Waals surface area contributed by atoms with Crippen molar-refractivity contribution in [3.05, 3.63) is 0 Å². The molecule has 0 saturated carbocycles. The lowest BCUT2D eigenvalue weighted by Crippen LogP contribution is -2.34. The molecule has 2 rings (SSSR count). The van der Waals surface area contributed by atoms with Crippen molar-refractivity contribution in [2.75, 3.05) is 13.2 Å². The van der Waals surface area contributed by atoms with Crippen LogP contribution in [0, 0.1) is 11.8 Å². The van der Waals surface area contributed by atoms with Crippen molar-refractivity contribution in [3.8, 4) is 0 Å². The molecule has 0 unspecified atom stereocenters. The van der Waals surface area contributed by atoms with Crippen LogP contribution < -0.4 is 10.2 Å². The molecule has 0 aromatic heterocycles. The van der Waals surface area contributed by atoms with Gasteiger partial charge in [0.05, 0.1) is 12.1 Å². The summed E-state index contributed by atoms with van der Waals surface area (Å²) in [5.74, 6) is 1.18. The fourth-order valence-electron chi connectivity index (χ4n) is 1.79. The standard InChI is InChI=1S/C10H22N2O2P/c1-7(2)9-5-13-15(11-9)12-10(6-14-15)8(3)4/h7-12H,5-6H2,1-4H3/q+1/t9-,10-,15?/m1/s1. The Morgan fingerprint density at radius 1 is 0.933 bits per heavy atom. The van der Waals surface area contributed by atoms with Gasteiger partial charge in [-0.2, -0.15) is 9.05 Å². The van der Waals surface area contributed by atoms with Crippen LogP contribution in [0.4, 0.5) is 0 Å². The monoisotopic (exact) mass is 233 g/mol. The zero-order valence-electron chi connectivity index (χ0n) is 9.99. The van der Waals surface area contributed by atoms with Gasteiger partial charge in [0.1, 0.15) is 13.2 Å². The van der Waals surface area contributed by atoms with E-state index in [0.717, 1.165) is 13.2 Å². The Hall–Kier alpha value is 0.270. The van der Waals surface area contributed by atoms with Crippen molar-refractivity contribution in [2.24, 2.45) is 11.8 Å². The molecule has 4 nitrogen and oxygen atoms in total. The number of rotatable bonds is 2. The van der Waals surface area contributed by atoms with Crippen LogP contribution in [0.2, 0.25) is 0 Å². The van der Waals surface area contributed by atoms with Crippen molar-refractivity contribution in [1.82, 2.24) is 10.2 Å². The molecule has 88 valence electrons. The molecule has 2 N–H and O–H groups in total. The minimum absolute atomic E-state index is 0.428. The molecule has 15 heavy (non-hydrogen) atoms. The van der Waals surface area contributed by atoms with E-state index >= 15 is 0 Å². The highest BCUT2D eigenvalue weighted by Crippen LogP contribution is 2.61. The van der Waals surface area contributed by atoms with Crippen molar-refractivity contribution in [2.45, 2.75) is 39.8 Å². The van der Waals surface area contributed by atoms with Crippen LogP contribution in [-0.2, 0) is 9.05 Å². The number of nitrogens with one attached hydrogen (secondary N) is 2. The first-order valence-corrected chi connectivity index (χ1v) is 7.38. The highest BCUT2D eigenvalue weighted by Gasteiger charge is 2.58. The van der Waals surface area contributed by atoms with E-state index < -0.39 is 8.02 Å². The molecule has 0 aliphatic carbocycles. The van der Waals surface area contributed by atoms with Crippen molar-refractivity contribution < 1.29 is 9.05 Å². The van der Waals surface area contributed by atoms with Gasteiger partial charge in [-0.15, -0.1) is 10.2 Å². The van der Waals surface area contributed by atoms with Gasteiger partial charge in [-0.05, 0) is 11.8 Å². The Kier molecular flexibility index (Phi) is 3.34. The predicted molar refractivity (Wildman–Crippen MR) is 62.3 cm³/mol. The smallest absolute Gasteiger partial charge is 0.171 e. The Morgan fingerprint density at radius 3 is 1.60 bits per heavy atom. The molecule has 5 heteroatoms. The van der Waals surface area contributed by atoms with E-state index in [9.17, 15) is 0 Å². The fraction of sp³-hybridized carbons (Fsp3) is 1.00. The first kappa shape index (κ1) is 11.7. The van der Waals surface area contributed by atoms with Gasteiger partial charge in [0, 0.05) is 0 Å². The molecule has 2 atom stereocenters. The van der Waals surface area contributed by atoms with Gasteiger partial charge in [0.2, 0.25) is 0 Å². The summed E-state index contributed by atoms with van der Waals surface area (Å²) in [6.45, 7) is 10.4. The van der Waals surface area contributed by atoms with Crippen LogP contribution in [0.5, 0.6) is 0 Å². The molecular weight excluding hydrogens is 211 g/mol. The molecule has 0 radical (unpaired) electrons. The third kappa shape index (κ3) is 2.34. The maximum atomic E-state index is 5.82. The molecule has 0 aromatic rings. The Morgan fingerprint density at radius 2 is 1.33 bits per heavy atom. The summed E-state index contributed by atoms with van der Waals surface area (Å²) < 4.78 is 11.6. The van der Waals surface area contributed by atoms with Crippen LogP contribution in [0.1, 0.15) is 27.7 Å². The van der Waals surface area contributed by atoms with Crippen LogP contribution in [0.3, 0.4) is 0 Å². The maximum absolute atomic E-state index is 5.82. The highest BCUT2D eigenvalue weighted by molar-refractivity contribution is 7.63. The lowest BCUT2D eigenvalue weighted by Gasteiger charge is -2.14. The number of hydrogen-bond donors (Lipinski definition) is 2. The molecule has 2 aliphatic heterocycles. The highest BCUT2D eigenvalue weighted by atomic mass is 31.2. The third-order valence-electron chi connectivity index (χ3n) is 3.15. The van der Waals surface area contributed by atoms with E-state index in [2.05, 4.69) is 37.9 Å². The summed E-state index contributed by atoms with van der Waals surface area (Å²) in [7, 11) is -1.92. The largest absolute Gasteiger partial charge is 0.431 e. The lowest BCUT2D eigenvalue weighted by molar-refractivity contribution is 0.260. The van der Waals surface area contributed by atoms with E-state index in [0.29, 0.717) is 23.9 Å². The van der Waals surface area contributed by atoms with Crippen LogP contribution in [0.25, 0.3) is 0 Å². The van der Waals surface area contributed by atoms with Crippen LogP contribution in [0.15, 0.2) is 0 Å². The van der Waals surface area contributed by atoms with Gasteiger partial charge in [-0.1, -0.05) is 27.7 Å². The molecular formula is C10H22N2O2P+. The lowest BCUT2D eigenvalue weighted by atomic mass is 10.1. The first-order valence-electron chi connectivity index (χ1n) is 5.76. The summed E-state index contributed by atoms with van der Waals surface area (Å²) in [5, 5.41) is 7.01. The molecule has 0 aromatic carbocycles. The minimum atomic E-state index is -1.92. The summed E-state index contributed by atoms with van der Waals surface area (Å²) in [6, 6.07) is 0.855. The van der Waals surface area contributed by atoms with Crippen LogP contribution in [-0.4, -0.2) is 25.3 Å². The first-order chi connectivity index (χ1) is 7.02. The third-order valence-corrected chi connectivity index (χ3v) is 5.52. The maximum Gasteiger partial charge on any atom is 0.431 e. The van der Waals surface area contributed by atoms with E-state index in [4.69, 9.17) is 9.05 Å². The number of hydrogen-bond acceptors (Lipinski definition) is 4. The zero-order valence-corrected chi connectivity index (χ0v) is 10.9. The topological polar surface area (TPSA) is 42.5 Å². The molecule has 2 fully saturated rings. The van der Waals surface area contributed by atoms with E-state index in [-0.39, 0.29) is 0 Å². The van der Waals surface area contributed by atoms with E-state index in [1.165, 1.54) is 0 Å². The summed E-state index contributed by atoms with van der Waals surface area (Å²) >= 11 is 0. The molecule has 0 amide bonds. The molecule has 1 spiro atoms. The SMILES string of the molecule is CC(C)[C@H]1CO[P+]2(N1)N[C@@H](C(C)C)CO2. The van der Waals surface area contributed by atoms with Gasteiger partial charge >= 0.3 is 8.02 Å². The van der Waals surface area contributed by atoms with Gasteiger partial charge < -0.3 is 0 Å². The normalized spacial score (nSPS) is 34.8. The van der Waals surface area contributed by atoms with Crippen LogP contribution >= 0.6 is 8.02 Å². The Labute approximate surface area is 92.7 Å². The molecule has 2 heterocycles. The van der Waals surface area contributed by atoms with Gasteiger partial charge in [0.25, 0.3) is 0 Å². The molecule has 2 aliphatic rings. The van der Waals surface area contributed by atoms with Crippen molar-refractivity contribution in [3.63, 3.8) is 0 Å². The van der Waals surface area contributed by atoms with Gasteiger partial charge in [0.15, 0.2) is 0 Å². The van der Waals surface area contributed by atoms with Gasteiger partial charge in [-0.25, -0.2) is 0 Å². The fourth-order valence-corrected chi connectivity index (χ4v) is 4.60. The van der Waals surface area contributed by atoms with Crippen molar-refractivity contribution in [1.29, 1.82) is 0 Å². The summed E-state index contributed by atoms with van der Waals surface area (Å²) in [6.07, 6.45) is 0. The van der Waals surface area contributed by atoms with E-state index in [1.807, 2.05) is 0 Å². The Balaban J connectivity index is 1.95. The molecule has 2 saturated heterocycles. The summed E-state index contributed by atoms with van der Waals surface area (Å²) in [5.41, 5.74) is 0. The predicted octanol–water partition coefficient (Wildman–Crippen LogP) is 1.95. The quantitative estimate of drug-likeness (QED) is 0.715. The van der Waals surface area contributed by atoms with Gasteiger partial charge in [-0.3, -0.25) is 0 Å². The molecule has 0 bridgehead atoms. The average molecular weight is 233 g/mol. The van der Waals surface area contributed by atoms with E-state index in [1.54, 1.807) is 0 Å². The van der Waals surface area contributed by atoms with Crippen molar-refractivity contribution >= 4 is 8.02 Å².